The van der Waals surface area contributed by atoms with Crippen LogP contribution in [0.5, 0.6) is 0 Å². The van der Waals surface area contributed by atoms with E-state index in [4.69, 9.17) is 0 Å². The average molecular weight is 321 g/mol. The third-order valence-electron chi connectivity index (χ3n) is 4.27. The van der Waals surface area contributed by atoms with Crippen molar-refractivity contribution in [3.8, 4) is 6.07 Å². The van der Waals surface area contributed by atoms with Crippen molar-refractivity contribution in [1.29, 1.82) is 5.26 Å². The van der Waals surface area contributed by atoms with Gasteiger partial charge in [0.1, 0.15) is 12.0 Å². The van der Waals surface area contributed by atoms with E-state index in [0.29, 0.717) is 18.2 Å². The number of carbonyl (C=O) groups is 1. The van der Waals surface area contributed by atoms with Gasteiger partial charge >= 0.3 is 0 Å². The summed E-state index contributed by atoms with van der Waals surface area (Å²) >= 11 is 0. The first-order chi connectivity index (χ1) is 11.8. The molecule has 2 aromatic rings. The van der Waals surface area contributed by atoms with Gasteiger partial charge in [-0.2, -0.15) is 5.26 Å². The molecule has 1 unspecified atom stereocenters. The molecule has 1 N–H and O–H groups in total. The minimum Gasteiger partial charge on any atom is -0.350 e. The number of carbonyl (C=O) groups excluding carboxylic acids is 1. The van der Waals surface area contributed by atoms with E-state index in [2.05, 4.69) is 26.3 Å². The highest BCUT2D eigenvalue weighted by Crippen LogP contribution is 2.19. The third kappa shape index (κ3) is 3.94. The first-order valence-corrected chi connectivity index (χ1v) is 8.01. The Hall–Kier alpha value is -2.78. The number of hydrogen-bond acceptors (Lipinski definition) is 5. The maximum atomic E-state index is 12.0. The molecule has 3 rings (SSSR count). The number of likely N-dealkylation sites (tertiary alicyclic amines) is 1. The van der Waals surface area contributed by atoms with Crippen molar-refractivity contribution in [2.24, 2.45) is 5.92 Å². The van der Waals surface area contributed by atoms with E-state index in [-0.39, 0.29) is 5.91 Å². The molecule has 1 atom stereocenters. The summed E-state index contributed by atoms with van der Waals surface area (Å²) < 4.78 is 0. The zero-order valence-electron chi connectivity index (χ0n) is 13.4. The molecule has 1 aliphatic rings. The van der Waals surface area contributed by atoms with Gasteiger partial charge in [-0.1, -0.05) is 18.2 Å². The maximum Gasteiger partial charge on any atom is 0.270 e. The molecule has 6 heteroatoms. The van der Waals surface area contributed by atoms with Gasteiger partial charge in [-0.25, -0.2) is 9.97 Å². The molecule has 1 aromatic carbocycles. The minimum atomic E-state index is -0.161. The van der Waals surface area contributed by atoms with Crippen LogP contribution in [0.2, 0.25) is 0 Å². The number of nitrogens with one attached hydrogen (secondary N) is 1. The second-order valence-corrected chi connectivity index (χ2v) is 5.96. The molecule has 6 nitrogen and oxygen atoms in total. The van der Waals surface area contributed by atoms with Gasteiger partial charge in [0.15, 0.2) is 0 Å². The molecular weight excluding hydrogens is 302 g/mol. The van der Waals surface area contributed by atoms with Crippen LogP contribution in [0.3, 0.4) is 0 Å². The molecule has 1 aromatic heterocycles. The van der Waals surface area contributed by atoms with Crippen molar-refractivity contribution in [2.45, 2.75) is 13.0 Å². The van der Waals surface area contributed by atoms with E-state index in [1.807, 2.05) is 24.3 Å². The van der Waals surface area contributed by atoms with E-state index in [1.54, 1.807) is 12.3 Å². The largest absolute Gasteiger partial charge is 0.350 e. The van der Waals surface area contributed by atoms with Crippen LogP contribution >= 0.6 is 0 Å². The van der Waals surface area contributed by atoms with E-state index in [1.165, 1.54) is 6.33 Å². The smallest absolute Gasteiger partial charge is 0.270 e. The number of benzene rings is 1. The van der Waals surface area contributed by atoms with Gasteiger partial charge in [0, 0.05) is 25.8 Å². The van der Waals surface area contributed by atoms with Crippen molar-refractivity contribution in [3.63, 3.8) is 0 Å². The van der Waals surface area contributed by atoms with Crippen LogP contribution in [0.4, 0.5) is 0 Å². The molecule has 122 valence electrons. The number of amides is 1. The third-order valence-corrected chi connectivity index (χ3v) is 4.27. The number of rotatable bonds is 5. The molecule has 1 fully saturated rings. The summed E-state index contributed by atoms with van der Waals surface area (Å²) in [6.07, 6.45) is 3.98. The van der Waals surface area contributed by atoms with Gasteiger partial charge in [0.05, 0.1) is 11.6 Å². The SMILES string of the molecule is N#Cc1ccccc1CN1CCC(CNC(=O)c2ccncn2)C1. The zero-order valence-corrected chi connectivity index (χ0v) is 13.4. The molecule has 0 saturated carbocycles. The Balaban J connectivity index is 1.49. The Bertz CT molecular complexity index is 741. The standard InChI is InChI=1S/C18H19N5O/c19-9-15-3-1-2-4-16(15)12-23-8-6-14(11-23)10-21-18(24)17-5-7-20-13-22-17/h1-5,7,13-14H,6,8,10-12H2,(H,21,24). The highest BCUT2D eigenvalue weighted by Gasteiger charge is 2.23. The molecule has 24 heavy (non-hydrogen) atoms. The highest BCUT2D eigenvalue weighted by atomic mass is 16.1. The van der Waals surface area contributed by atoms with E-state index in [0.717, 1.165) is 37.2 Å². The molecule has 1 amide bonds. The van der Waals surface area contributed by atoms with E-state index >= 15 is 0 Å². The summed E-state index contributed by atoms with van der Waals surface area (Å²) in [5, 5.41) is 12.1. The topological polar surface area (TPSA) is 81.9 Å². The molecule has 0 radical (unpaired) electrons. The van der Waals surface area contributed by atoms with Crippen LogP contribution in [-0.2, 0) is 6.54 Å². The summed E-state index contributed by atoms with van der Waals surface area (Å²) in [6, 6.07) is 11.6. The number of hydrogen-bond donors (Lipinski definition) is 1. The summed E-state index contributed by atoms with van der Waals surface area (Å²) in [7, 11) is 0. The monoisotopic (exact) mass is 321 g/mol. The molecule has 0 bridgehead atoms. The lowest BCUT2D eigenvalue weighted by molar-refractivity contribution is 0.0942. The Kier molecular flexibility index (Phi) is 5.14. The van der Waals surface area contributed by atoms with Crippen LogP contribution < -0.4 is 5.32 Å². The lowest BCUT2D eigenvalue weighted by Crippen LogP contribution is -2.31. The first-order valence-electron chi connectivity index (χ1n) is 8.01. The molecule has 1 aliphatic heterocycles. The summed E-state index contributed by atoms with van der Waals surface area (Å²) in [6.45, 7) is 3.32. The number of aromatic nitrogens is 2. The molecule has 0 spiro atoms. The van der Waals surface area contributed by atoms with Gasteiger partial charge < -0.3 is 5.32 Å². The van der Waals surface area contributed by atoms with Crippen molar-refractivity contribution in [2.75, 3.05) is 19.6 Å². The maximum absolute atomic E-state index is 12.0. The summed E-state index contributed by atoms with van der Waals surface area (Å²) in [4.78, 5) is 22.1. The Labute approximate surface area is 141 Å². The lowest BCUT2D eigenvalue weighted by atomic mass is 10.1. The second kappa shape index (κ2) is 7.66. The molecule has 1 saturated heterocycles. The van der Waals surface area contributed by atoms with Crippen molar-refractivity contribution >= 4 is 5.91 Å². The van der Waals surface area contributed by atoms with Gasteiger partial charge in [0.25, 0.3) is 5.91 Å². The fraction of sp³-hybridized carbons (Fsp3) is 0.333. The normalized spacial score (nSPS) is 17.4. The fourth-order valence-corrected chi connectivity index (χ4v) is 2.98. The fourth-order valence-electron chi connectivity index (χ4n) is 2.98. The van der Waals surface area contributed by atoms with Gasteiger partial charge in [0.2, 0.25) is 0 Å². The van der Waals surface area contributed by atoms with Gasteiger partial charge in [-0.05, 0) is 36.6 Å². The quantitative estimate of drug-likeness (QED) is 0.904. The van der Waals surface area contributed by atoms with Gasteiger partial charge in [-0.3, -0.25) is 9.69 Å². The minimum absolute atomic E-state index is 0.161. The average Bonchev–Trinajstić information content (AvgIpc) is 3.08. The van der Waals surface area contributed by atoms with Crippen LogP contribution in [0, 0.1) is 17.2 Å². The van der Waals surface area contributed by atoms with Gasteiger partial charge in [-0.15, -0.1) is 0 Å². The van der Waals surface area contributed by atoms with E-state index < -0.39 is 0 Å². The van der Waals surface area contributed by atoms with Crippen molar-refractivity contribution < 1.29 is 4.79 Å². The number of nitriles is 1. The van der Waals surface area contributed by atoms with Crippen LogP contribution in [-0.4, -0.2) is 40.4 Å². The summed E-state index contributed by atoms with van der Waals surface area (Å²) in [5.41, 5.74) is 2.19. The molecular formula is C18H19N5O. The predicted octanol–water partition coefficient (Wildman–Crippen LogP) is 1.60. The molecule has 0 aliphatic carbocycles. The first kappa shape index (κ1) is 16.1. The van der Waals surface area contributed by atoms with Crippen molar-refractivity contribution in [3.05, 3.63) is 59.7 Å². The Morgan fingerprint density at radius 3 is 3.04 bits per heavy atom. The highest BCUT2D eigenvalue weighted by molar-refractivity contribution is 5.92. The van der Waals surface area contributed by atoms with E-state index in [9.17, 15) is 10.1 Å². The summed E-state index contributed by atoms with van der Waals surface area (Å²) in [5.74, 6) is 0.260. The zero-order chi connectivity index (χ0) is 16.8. The predicted molar refractivity (Wildman–Crippen MR) is 88.9 cm³/mol. The molecule has 2 heterocycles. The van der Waals surface area contributed by atoms with Crippen LogP contribution in [0.25, 0.3) is 0 Å². The Morgan fingerprint density at radius 2 is 2.25 bits per heavy atom. The lowest BCUT2D eigenvalue weighted by Gasteiger charge is -2.17. The van der Waals surface area contributed by atoms with Crippen molar-refractivity contribution in [1.82, 2.24) is 20.2 Å². The number of nitrogens with zero attached hydrogens (tertiary/aromatic N) is 4. The second-order valence-electron chi connectivity index (χ2n) is 5.96. The van der Waals surface area contributed by atoms with Crippen LogP contribution in [0.1, 0.15) is 28.0 Å². The Morgan fingerprint density at radius 1 is 1.38 bits per heavy atom. The van der Waals surface area contributed by atoms with Crippen LogP contribution in [0.15, 0.2) is 42.9 Å².